The van der Waals surface area contributed by atoms with Gasteiger partial charge in [-0.1, -0.05) is 32.3 Å². The molecular weight excluding hydrogens is 348 g/mol. The van der Waals surface area contributed by atoms with Gasteiger partial charge in [-0.15, -0.1) is 0 Å². The predicted molar refractivity (Wildman–Crippen MR) is 105 cm³/mol. The van der Waals surface area contributed by atoms with Crippen molar-refractivity contribution in [2.45, 2.75) is 32.6 Å². The highest BCUT2D eigenvalue weighted by Gasteiger charge is 2.22. The van der Waals surface area contributed by atoms with Crippen molar-refractivity contribution in [3.63, 3.8) is 0 Å². The molecule has 8 heteroatoms. The number of nitrogens with zero attached hydrogens (tertiary/aromatic N) is 3. The zero-order valence-corrected chi connectivity index (χ0v) is 15.6. The van der Waals surface area contributed by atoms with Crippen LogP contribution in [0.3, 0.4) is 0 Å². The smallest absolute Gasteiger partial charge is 0.315 e. The molecule has 0 aliphatic rings. The van der Waals surface area contributed by atoms with Gasteiger partial charge in [0.25, 0.3) is 0 Å². The highest BCUT2D eigenvalue weighted by Crippen LogP contribution is 2.38. The summed E-state index contributed by atoms with van der Waals surface area (Å²) < 4.78 is 11.0. The van der Waals surface area contributed by atoms with Crippen LogP contribution in [0, 0.1) is 10.1 Å². The van der Waals surface area contributed by atoms with E-state index in [9.17, 15) is 10.1 Å². The van der Waals surface area contributed by atoms with Gasteiger partial charge >= 0.3 is 5.69 Å². The van der Waals surface area contributed by atoms with E-state index in [2.05, 4.69) is 22.4 Å². The summed E-state index contributed by atoms with van der Waals surface area (Å²) in [4.78, 5) is 15.1. The van der Waals surface area contributed by atoms with E-state index in [-0.39, 0.29) is 11.4 Å². The average molecular weight is 372 g/mol. The quantitative estimate of drug-likeness (QED) is 0.272. The number of nitrogens with one attached hydrogen (secondary N) is 1. The lowest BCUT2D eigenvalue weighted by Gasteiger charge is -2.12. The molecule has 144 valence electrons. The molecule has 27 heavy (non-hydrogen) atoms. The van der Waals surface area contributed by atoms with E-state index < -0.39 is 4.92 Å². The average Bonchev–Trinajstić information content (AvgIpc) is 2.68. The summed E-state index contributed by atoms with van der Waals surface area (Å²) in [7, 11) is 1.45. The molecule has 2 aromatic rings. The van der Waals surface area contributed by atoms with Gasteiger partial charge < -0.3 is 9.47 Å². The second kappa shape index (κ2) is 10.7. The molecule has 0 aliphatic heterocycles. The lowest BCUT2D eigenvalue weighted by molar-refractivity contribution is -0.386. The van der Waals surface area contributed by atoms with Crippen molar-refractivity contribution in [3.05, 3.63) is 52.2 Å². The van der Waals surface area contributed by atoms with Gasteiger partial charge in [0.1, 0.15) is 5.82 Å². The lowest BCUT2D eigenvalue weighted by Crippen LogP contribution is -2.04. The van der Waals surface area contributed by atoms with Crippen LogP contribution in [0.5, 0.6) is 11.5 Å². The topological polar surface area (TPSA) is 98.9 Å². The van der Waals surface area contributed by atoms with E-state index in [4.69, 9.17) is 9.47 Å². The fourth-order valence-corrected chi connectivity index (χ4v) is 2.42. The number of benzene rings is 1. The van der Waals surface area contributed by atoms with E-state index in [0.29, 0.717) is 23.7 Å². The Hall–Kier alpha value is -3.16. The monoisotopic (exact) mass is 372 g/mol. The minimum atomic E-state index is -0.479. The summed E-state index contributed by atoms with van der Waals surface area (Å²) in [5.41, 5.74) is 3.13. The molecule has 0 saturated heterocycles. The molecule has 0 amide bonds. The number of hydrogen-bond acceptors (Lipinski definition) is 7. The third-order valence-electron chi connectivity index (χ3n) is 3.78. The van der Waals surface area contributed by atoms with E-state index in [1.54, 1.807) is 24.4 Å². The molecular formula is C19H24N4O4. The van der Waals surface area contributed by atoms with Crippen LogP contribution in [0.1, 0.15) is 38.2 Å². The SMILES string of the molecule is CCCCCCOc1c(OC)cc(/C=N/Nc2ccccn2)cc1[N+](=O)[O-]. The summed E-state index contributed by atoms with van der Waals surface area (Å²) >= 11 is 0. The third-order valence-corrected chi connectivity index (χ3v) is 3.78. The standard InChI is InChI=1S/C19H24N4O4/c1-3-4-5-8-11-27-19-16(23(24)25)12-15(13-17(19)26-2)14-21-22-18-9-6-7-10-20-18/h6-7,9-10,12-14H,3-5,8,11H2,1-2H3,(H,20,22)/b21-14+. The second-order valence-electron chi connectivity index (χ2n) is 5.82. The number of pyridine rings is 1. The Morgan fingerprint density at radius 3 is 2.81 bits per heavy atom. The summed E-state index contributed by atoms with van der Waals surface area (Å²) in [5.74, 6) is 1.02. The molecule has 0 aliphatic carbocycles. The number of nitro groups is 1. The predicted octanol–water partition coefficient (Wildman–Crippen LogP) is 4.40. The van der Waals surface area contributed by atoms with E-state index >= 15 is 0 Å². The van der Waals surface area contributed by atoms with Crippen molar-refractivity contribution in [2.24, 2.45) is 5.10 Å². The van der Waals surface area contributed by atoms with Crippen LogP contribution in [0.4, 0.5) is 11.5 Å². The molecule has 8 nitrogen and oxygen atoms in total. The van der Waals surface area contributed by atoms with Gasteiger partial charge in [0.15, 0.2) is 5.75 Å². The molecule has 0 spiro atoms. The molecule has 0 unspecified atom stereocenters. The highest BCUT2D eigenvalue weighted by atomic mass is 16.6. The van der Waals surface area contributed by atoms with E-state index in [1.165, 1.54) is 19.4 Å². The molecule has 1 N–H and O–H groups in total. The summed E-state index contributed by atoms with van der Waals surface area (Å²) in [6, 6.07) is 8.44. The minimum Gasteiger partial charge on any atom is -0.493 e. The molecule has 1 aromatic heterocycles. The maximum atomic E-state index is 11.5. The molecule has 2 rings (SSSR count). The van der Waals surface area contributed by atoms with Crippen molar-refractivity contribution in [1.29, 1.82) is 0 Å². The molecule has 0 atom stereocenters. The second-order valence-corrected chi connectivity index (χ2v) is 5.82. The summed E-state index contributed by atoms with van der Waals surface area (Å²) in [6.45, 7) is 2.53. The number of unbranched alkanes of at least 4 members (excludes halogenated alkanes) is 3. The van der Waals surface area contributed by atoms with Crippen LogP contribution in [0.2, 0.25) is 0 Å². The van der Waals surface area contributed by atoms with Crippen molar-refractivity contribution in [3.8, 4) is 11.5 Å². The lowest BCUT2D eigenvalue weighted by atomic mass is 10.1. The van der Waals surface area contributed by atoms with Crippen LogP contribution in [0.25, 0.3) is 0 Å². The molecule has 1 aromatic carbocycles. The number of ether oxygens (including phenoxy) is 2. The van der Waals surface area contributed by atoms with Gasteiger partial charge in [-0.05, 0) is 24.6 Å². The number of rotatable bonds is 11. The van der Waals surface area contributed by atoms with Crippen LogP contribution in [-0.4, -0.2) is 29.8 Å². The minimum absolute atomic E-state index is 0.147. The molecule has 0 radical (unpaired) electrons. The molecule has 1 heterocycles. The van der Waals surface area contributed by atoms with E-state index in [0.717, 1.165) is 25.7 Å². The first-order valence-electron chi connectivity index (χ1n) is 8.85. The zero-order valence-electron chi connectivity index (χ0n) is 15.6. The van der Waals surface area contributed by atoms with Gasteiger partial charge in [-0.25, -0.2) is 4.98 Å². The van der Waals surface area contributed by atoms with Gasteiger partial charge in [0.05, 0.1) is 24.9 Å². The zero-order chi connectivity index (χ0) is 19.5. The first kappa shape index (κ1) is 20.2. The summed E-state index contributed by atoms with van der Waals surface area (Å²) in [5, 5.41) is 15.5. The van der Waals surface area contributed by atoms with E-state index in [1.807, 2.05) is 6.07 Å². The van der Waals surface area contributed by atoms with Gasteiger partial charge in [0, 0.05) is 17.8 Å². The Morgan fingerprint density at radius 2 is 2.15 bits per heavy atom. The molecule has 0 saturated carbocycles. The van der Waals surface area contributed by atoms with Crippen molar-refractivity contribution >= 4 is 17.7 Å². The first-order valence-corrected chi connectivity index (χ1v) is 8.85. The van der Waals surface area contributed by atoms with Gasteiger partial charge in [-0.3, -0.25) is 15.5 Å². The Morgan fingerprint density at radius 1 is 1.30 bits per heavy atom. The van der Waals surface area contributed by atoms with Gasteiger partial charge in [-0.2, -0.15) is 5.10 Å². The Kier molecular flexibility index (Phi) is 8.02. The highest BCUT2D eigenvalue weighted by molar-refractivity contribution is 5.83. The Labute approximate surface area is 158 Å². The number of aromatic nitrogens is 1. The number of anilines is 1. The van der Waals surface area contributed by atoms with Crippen LogP contribution in [-0.2, 0) is 0 Å². The summed E-state index contributed by atoms with van der Waals surface area (Å²) in [6.07, 6.45) is 7.20. The first-order chi connectivity index (χ1) is 13.2. The third kappa shape index (κ3) is 6.25. The van der Waals surface area contributed by atoms with Crippen LogP contribution < -0.4 is 14.9 Å². The largest absolute Gasteiger partial charge is 0.493 e. The normalized spacial score (nSPS) is 10.7. The molecule has 0 bridgehead atoms. The number of hydrazone groups is 1. The Bertz CT molecular complexity index is 766. The fraction of sp³-hybridized carbons (Fsp3) is 0.368. The van der Waals surface area contributed by atoms with Crippen LogP contribution >= 0.6 is 0 Å². The number of nitro benzene ring substituents is 1. The maximum Gasteiger partial charge on any atom is 0.315 e. The molecule has 0 fully saturated rings. The number of hydrogen-bond donors (Lipinski definition) is 1. The van der Waals surface area contributed by atoms with Crippen molar-refractivity contribution in [1.82, 2.24) is 4.98 Å². The maximum absolute atomic E-state index is 11.5. The van der Waals surface area contributed by atoms with Gasteiger partial charge in [0.2, 0.25) is 5.75 Å². The Balaban J connectivity index is 2.15. The van der Waals surface area contributed by atoms with Crippen molar-refractivity contribution in [2.75, 3.05) is 19.1 Å². The number of methoxy groups -OCH3 is 1. The fourth-order valence-electron chi connectivity index (χ4n) is 2.42. The van der Waals surface area contributed by atoms with Crippen molar-refractivity contribution < 1.29 is 14.4 Å². The van der Waals surface area contributed by atoms with Crippen LogP contribution in [0.15, 0.2) is 41.6 Å².